The van der Waals surface area contributed by atoms with E-state index in [0.717, 1.165) is 96.3 Å². The molecule has 0 saturated heterocycles. The molecule has 1 atom stereocenters. The number of esters is 2. The number of unbranched alkanes of at least 4 members (excludes halogenated alkanes) is 12. The number of carbonyl (C=O) groups excluding carboxylic acids is 2. The van der Waals surface area contributed by atoms with Gasteiger partial charge in [-0.2, -0.15) is 0 Å². The molecule has 0 unspecified atom stereocenters. The van der Waals surface area contributed by atoms with E-state index in [9.17, 15) is 14.7 Å². The van der Waals surface area contributed by atoms with Gasteiger partial charge in [0.25, 0.3) is 0 Å². The highest BCUT2D eigenvalue weighted by Crippen LogP contribution is 2.11. The van der Waals surface area contributed by atoms with E-state index in [1.165, 1.54) is 44.9 Å². The molecule has 0 spiro atoms. The number of aliphatic hydroxyl groups is 1. The Balaban J connectivity index is 3.68. The predicted molar refractivity (Wildman–Crippen MR) is 223 cm³/mol. The average molecular weight is 721 g/mol. The summed E-state index contributed by atoms with van der Waals surface area (Å²) in [6, 6.07) is 0. The Morgan fingerprint density at radius 2 is 0.827 bits per heavy atom. The molecule has 0 heterocycles. The first-order valence-electron chi connectivity index (χ1n) is 20.8. The minimum Gasteiger partial charge on any atom is -0.462 e. The first kappa shape index (κ1) is 48.8. The molecule has 0 radical (unpaired) electrons. The van der Waals surface area contributed by atoms with Crippen LogP contribution in [0.1, 0.15) is 168 Å². The van der Waals surface area contributed by atoms with Crippen LogP contribution in [0.3, 0.4) is 0 Å². The van der Waals surface area contributed by atoms with Crippen molar-refractivity contribution in [2.24, 2.45) is 0 Å². The number of ether oxygens (including phenoxy) is 2. The van der Waals surface area contributed by atoms with Crippen molar-refractivity contribution in [2.75, 3.05) is 13.2 Å². The van der Waals surface area contributed by atoms with Gasteiger partial charge in [0, 0.05) is 12.8 Å². The molecule has 0 aliphatic carbocycles. The normalized spacial score (nSPS) is 13.2. The summed E-state index contributed by atoms with van der Waals surface area (Å²) in [6.07, 6.45) is 58.9. The number of hydrogen-bond donors (Lipinski definition) is 1. The third kappa shape index (κ3) is 39.6. The second kappa shape index (κ2) is 42.2. The van der Waals surface area contributed by atoms with Gasteiger partial charge in [-0.3, -0.25) is 9.59 Å². The summed E-state index contributed by atoms with van der Waals surface area (Å²) in [5, 5.41) is 9.57. The summed E-state index contributed by atoms with van der Waals surface area (Å²) >= 11 is 0. The number of allylic oxidation sites excluding steroid dienone is 16. The van der Waals surface area contributed by atoms with Gasteiger partial charge in [-0.05, 0) is 96.3 Å². The Kier molecular flexibility index (Phi) is 39.7. The van der Waals surface area contributed by atoms with Crippen LogP contribution in [-0.2, 0) is 19.1 Å². The zero-order valence-corrected chi connectivity index (χ0v) is 33.3. The van der Waals surface area contributed by atoms with E-state index in [1.807, 2.05) is 0 Å². The van der Waals surface area contributed by atoms with Crippen LogP contribution in [0.4, 0.5) is 0 Å². The lowest BCUT2D eigenvalue weighted by Crippen LogP contribution is -2.28. The highest BCUT2D eigenvalue weighted by Gasteiger charge is 2.16. The Bertz CT molecular complexity index is 1040. The van der Waals surface area contributed by atoms with Crippen molar-refractivity contribution in [3.8, 4) is 0 Å². The van der Waals surface area contributed by atoms with E-state index < -0.39 is 6.10 Å². The fourth-order valence-corrected chi connectivity index (χ4v) is 5.23. The summed E-state index contributed by atoms with van der Waals surface area (Å²) in [6.45, 7) is 3.94. The molecular formula is C47H76O5. The minimum absolute atomic E-state index is 0.0926. The Morgan fingerprint density at radius 3 is 1.27 bits per heavy atom. The monoisotopic (exact) mass is 721 g/mol. The van der Waals surface area contributed by atoms with Crippen molar-refractivity contribution < 1.29 is 24.2 Å². The van der Waals surface area contributed by atoms with Gasteiger partial charge in [0.2, 0.25) is 0 Å². The molecule has 0 saturated carbocycles. The quantitative estimate of drug-likeness (QED) is 0.0396. The van der Waals surface area contributed by atoms with Crippen LogP contribution in [0.2, 0.25) is 0 Å². The fraction of sp³-hybridized carbons (Fsp3) is 0.617. The van der Waals surface area contributed by atoms with Gasteiger partial charge in [-0.15, -0.1) is 0 Å². The molecule has 0 bridgehead atoms. The van der Waals surface area contributed by atoms with Gasteiger partial charge in [-0.25, -0.2) is 0 Å². The lowest BCUT2D eigenvalue weighted by molar-refractivity contribution is -0.161. The van der Waals surface area contributed by atoms with Gasteiger partial charge in [0.05, 0.1) is 6.61 Å². The second-order valence-electron chi connectivity index (χ2n) is 13.3. The lowest BCUT2D eigenvalue weighted by Gasteiger charge is -2.15. The van der Waals surface area contributed by atoms with Crippen LogP contribution in [0.5, 0.6) is 0 Å². The Hall–Kier alpha value is -3.18. The maximum Gasteiger partial charge on any atom is 0.306 e. The fourth-order valence-electron chi connectivity index (χ4n) is 5.23. The zero-order chi connectivity index (χ0) is 37.8. The molecule has 294 valence electrons. The Labute approximate surface area is 319 Å². The van der Waals surface area contributed by atoms with E-state index >= 15 is 0 Å². The van der Waals surface area contributed by atoms with Crippen LogP contribution in [-0.4, -0.2) is 36.4 Å². The van der Waals surface area contributed by atoms with Crippen molar-refractivity contribution in [3.63, 3.8) is 0 Å². The maximum absolute atomic E-state index is 12.2. The molecule has 52 heavy (non-hydrogen) atoms. The van der Waals surface area contributed by atoms with Crippen molar-refractivity contribution in [3.05, 3.63) is 97.2 Å². The van der Waals surface area contributed by atoms with Crippen LogP contribution >= 0.6 is 0 Å². The van der Waals surface area contributed by atoms with Crippen LogP contribution < -0.4 is 0 Å². The van der Waals surface area contributed by atoms with E-state index in [1.54, 1.807) is 0 Å². The first-order valence-corrected chi connectivity index (χ1v) is 20.8. The molecule has 0 aromatic heterocycles. The van der Waals surface area contributed by atoms with Gasteiger partial charge in [0.1, 0.15) is 6.61 Å². The summed E-state index contributed by atoms with van der Waals surface area (Å²) in [5.74, 6) is -0.652. The molecule has 0 fully saturated rings. The smallest absolute Gasteiger partial charge is 0.306 e. The average Bonchev–Trinajstić information content (AvgIpc) is 3.15. The Morgan fingerprint density at radius 1 is 0.462 bits per heavy atom. The molecule has 0 aromatic rings. The molecule has 5 heteroatoms. The lowest BCUT2D eigenvalue weighted by atomic mass is 10.1. The summed E-state index contributed by atoms with van der Waals surface area (Å²) in [4.78, 5) is 24.3. The molecule has 0 aromatic carbocycles. The summed E-state index contributed by atoms with van der Waals surface area (Å²) in [7, 11) is 0. The van der Waals surface area contributed by atoms with Crippen LogP contribution in [0.25, 0.3) is 0 Å². The number of aliphatic hydroxyl groups excluding tert-OH is 1. The van der Waals surface area contributed by atoms with E-state index in [4.69, 9.17) is 9.47 Å². The first-order chi connectivity index (χ1) is 25.6. The van der Waals surface area contributed by atoms with Crippen molar-refractivity contribution in [1.82, 2.24) is 0 Å². The van der Waals surface area contributed by atoms with Gasteiger partial charge in [0.15, 0.2) is 6.10 Å². The highest BCUT2D eigenvalue weighted by molar-refractivity contribution is 5.70. The highest BCUT2D eigenvalue weighted by atomic mass is 16.6. The number of hydrogen-bond acceptors (Lipinski definition) is 5. The van der Waals surface area contributed by atoms with Crippen LogP contribution in [0.15, 0.2) is 97.2 Å². The summed E-state index contributed by atoms with van der Waals surface area (Å²) < 4.78 is 10.6. The molecule has 0 amide bonds. The second-order valence-corrected chi connectivity index (χ2v) is 13.3. The van der Waals surface area contributed by atoms with Crippen molar-refractivity contribution in [2.45, 2.75) is 174 Å². The third-order valence-electron chi connectivity index (χ3n) is 8.36. The molecule has 1 N–H and O–H groups in total. The standard InChI is InChI=1S/C47H76O5/c1-3-5-7-9-11-13-15-17-19-21-23-25-27-29-31-33-35-37-39-41-46(49)51-44-45(43-48)52-47(50)42-40-38-36-34-32-30-28-26-24-22-20-18-16-14-12-10-8-6-4-2/h6,8,11-14,17-20,23-26,30,32,45,48H,3-5,7,9-10,15-16,21-22,27-29,31,33-44H2,1-2H3/b8-6-,13-11-,14-12-,19-17-,20-18-,25-23-,26-24-,32-30-/t45-/m0/s1. The van der Waals surface area contributed by atoms with Gasteiger partial charge < -0.3 is 14.6 Å². The predicted octanol–water partition coefficient (Wildman–Crippen LogP) is 13.3. The van der Waals surface area contributed by atoms with Crippen LogP contribution in [0, 0.1) is 0 Å². The van der Waals surface area contributed by atoms with E-state index in [2.05, 4.69) is 111 Å². The third-order valence-corrected chi connectivity index (χ3v) is 8.36. The van der Waals surface area contributed by atoms with Crippen molar-refractivity contribution in [1.29, 1.82) is 0 Å². The maximum atomic E-state index is 12.2. The SMILES string of the molecule is CC/C=C\C/C=C\C/C=C\C/C=C\C/C=C\CCCCCC(=O)O[C@@H](CO)COC(=O)CCCCCCCC/C=C\C/C=C\C/C=C\CCCCC. The number of rotatable bonds is 36. The summed E-state index contributed by atoms with van der Waals surface area (Å²) in [5.41, 5.74) is 0. The minimum atomic E-state index is -0.801. The topological polar surface area (TPSA) is 72.8 Å². The molecule has 0 aliphatic heterocycles. The molecule has 5 nitrogen and oxygen atoms in total. The zero-order valence-electron chi connectivity index (χ0n) is 33.3. The molecule has 0 aliphatic rings. The number of carbonyl (C=O) groups is 2. The van der Waals surface area contributed by atoms with Crippen molar-refractivity contribution >= 4 is 11.9 Å². The molecular weight excluding hydrogens is 645 g/mol. The van der Waals surface area contributed by atoms with E-state index in [-0.39, 0.29) is 25.2 Å². The van der Waals surface area contributed by atoms with E-state index in [0.29, 0.717) is 12.8 Å². The van der Waals surface area contributed by atoms with Gasteiger partial charge >= 0.3 is 11.9 Å². The van der Waals surface area contributed by atoms with Gasteiger partial charge in [-0.1, -0.05) is 156 Å². The molecule has 0 rings (SSSR count). The largest absolute Gasteiger partial charge is 0.462 e.